The Kier molecular flexibility index (Phi) is 10.2. The van der Waals surface area contributed by atoms with E-state index in [0.29, 0.717) is 51.0 Å². The van der Waals surface area contributed by atoms with Crippen LogP contribution < -0.4 is 21.3 Å². The monoisotopic (exact) mass is 738 g/mol. The van der Waals surface area contributed by atoms with Crippen molar-refractivity contribution in [2.45, 2.75) is 50.1 Å². The van der Waals surface area contributed by atoms with Crippen molar-refractivity contribution in [3.63, 3.8) is 0 Å². The van der Waals surface area contributed by atoms with E-state index in [1.165, 1.54) is 21.1 Å². The Bertz CT molecular complexity index is 1700. The fraction of sp³-hybridized carbons (Fsp3) is 0.455. The van der Waals surface area contributed by atoms with Gasteiger partial charge in [-0.3, -0.25) is 9.78 Å². The van der Waals surface area contributed by atoms with Crippen LogP contribution in [0.25, 0.3) is 0 Å². The lowest BCUT2D eigenvalue weighted by molar-refractivity contribution is -0.141. The van der Waals surface area contributed by atoms with Gasteiger partial charge in [0.1, 0.15) is 6.04 Å². The number of alkyl halides is 6. The molecule has 0 radical (unpaired) electrons. The number of piperazine rings is 1. The van der Waals surface area contributed by atoms with Gasteiger partial charge in [0.25, 0.3) is 0 Å². The molecule has 2 fully saturated rings. The van der Waals surface area contributed by atoms with Crippen molar-refractivity contribution < 1.29 is 40.7 Å². The molecule has 3 aromatic rings. The molecule has 1 atom stereocenters. The van der Waals surface area contributed by atoms with Crippen LogP contribution in [0, 0.1) is 0 Å². The summed E-state index contributed by atoms with van der Waals surface area (Å²) in [5.41, 5.74) is 2.77. The third-order valence-corrected chi connectivity index (χ3v) is 10.4. The zero-order chi connectivity index (χ0) is 36.5. The molecular formula is C33H36F6N8O3S. The van der Waals surface area contributed by atoms with Crippen molar-refractivity contribution in [1.29, 1.82) is 0 Å². The van der Waals surface area contributed by atoms with Gasteiger partial charge in [-0.1, -0.05) is 0 Å². The van der Waals surface area contributed by atoms with Gasteiger partial charge in [0.15, 0.2) is 0 Å². The van der Waals surface area contributed by atoms with Crippen LogP contribution in [-0.4, -0.2) is 95.6 Å². The summed E-state index contributed by atoms with van der Waals surface area (Å²) in [5.74, 6) is -0.639. The molecule has 0 unspecified atom stereocenters. The molecule has 5 amide bonds. The van der Waals surface area contributed by atoms with Gasteiger partial charge in [0.2, 0.25) is 5.91 Å². The zero-order valence-electron chi connectivity index (χ0n) is 27.3. The summed E-state index contributed by atoms with van der Waals surface area (Å²) in [6.07, 6.45) is -6.25. The molecule has 2 saturated heterocycles. The van der Waals surface area contributed by atoms with E-state index in [4.69, 9.17) is 5.73 Å². The lowest BCUT2D eigenvalue weighted by atomic mass is 9.96. The average Bonchev–Trinajstić information content (AvgIpc) is 3.47. The van der Waals surface area contributed by atoms with Gasteiger partial charge in [-0.25, -0.2) is 9.59 Å². The first kappa shape index (κ1) is 36.1. The van der Waals surface area contributed by atoms with Crippen LogP contribution in [0.1, 0.15) is 35.1 Å². The van der Waals surface area contributed by atoms with Gasteiger partial charge in [-0.15, -0.1) is 11.3 Å². The van der Waals surface area contributed by atoms with E-state index in [-0.39, 0.29) is 38.3 Å². The maximum absolute atomic E-state index is 13.9. The summed E-state index contributed by atoms with van der Waals surface area (Å²) in [6, 6.07) is 2.04. The number of anilines is 3. The summed E-state index contributed by atoms with van der Waals surface area (Å²) in [6.45, 7) is 2.13. The largest absolute Gasteiger partial charge is 0.418 e. The van der Waals surface area contributed by atoms with Crippen LogP contribution in [-0.2, 0) is 30.0 Å². The number of pyridine rings is 1. The number of likely N-dealkylation sites (tertiary alicyclic amines) is 1. The number of hydrogen-bond donors (Lipinski definition) is 3. The summed E-state index contributed by atoms with van der Waals surface area (Å²) in [5, 5.41) is 9.41. The number of amides is 5. The molecule has 4 N–H and O–H groups in total. The number of aromatic nitrogens is 1. The molecule has 6 rings (SSSR count). The van der Waals surface area contributed by atoms with Gasteiger partial charge in [-0.05, 0) is 60.0 Å². The Morgan fingerprint density at radius 3 is 2.16 bits per heavy atom. The Morgan fingerprint density at radius 1 is 0.922 bits per heavy atom. The average molecular weight is 739 g/mol. The Balaban J connectivity index is 1.18. The van der Waals surface area contributed by atoms with Gasteiger partial charge in [0, 0.05) is 81.7 Å². The quantitative estimate of drug-likeness (QED) is 0.233. The maximum atomic E-state index is 13.9. The van der Waals surface area contributed by atoms with E-state index in [9.17, 15) is 40.7 Å². The van der Waals surface area contributed by atoms with Crippen LogP contribution >= 0.6 is 11.3 Å². The van der Waals surface area contributed by atoms with Crippen molar-refractivity contribution >= 4 is 46.4 Å². The molecule has 51 heavy (non-hydrogen) atoms. The number of urea groups is 2. The Labute approximate surface area is 293 Å². The standard InChI is InChI=1S/C33H36F6N8O3S/c34-32(35,36)24-15-20(16-25(28(24)40)33(37,38)39)17-26(29(48)45-13-11-44(12-14-45)22-1-6-41-7-2-22)42-30(49)46-8-4-23(5-9-46)47-10-3-21-18-51-19-27(21)43-31(47)50/h1-2,6-7,15-16,18-19,23,26H,3-5,8-14,17,40H2,(H,42,49)(H,43,50)/t26-/m1/s1. The van der Waals surface area contributed by atoms with E-state index in [2.05, 4.69) is 15.6 Å². The van der Waals surface area contributed by atoms with Crippen LogP contribution in [0.3, 0.4) is 0 Å². The summed E-state index contributed by atoms with van der Waals surface area (Å²) in [7, 11) is 0. The molecule has 1 aromatic carbocycles. The molecule has 11 nitrogen and oxygen atoms in total. The van der Waals surface area contributed by atoms with Gasteiger partial charge < -0.3 is 36.0 Å². The summed E-state index contributed by atoms with van der Waals surface area (Å²) < 4.78 is 83.1. The minimum atomic E-state index is -5.20. The number of halogens is 6. The number of carbonyl (C=O) groups is 3. The van der Waals surface area contributed by atoms with E-state index >= 15 is 0 Å². The molecule has 2 aromatic heterocycles. The van der Waals surface area contributed by atoms with Gasteiger partial charge in [-0.2, -0.15) is 26.3 Å². The molecule has 5 heterocycles. The van der Waals surface area contributed by atoms with Crippen molar-refractivity contribution in [3.05, 3.63) is 69.7 Å². The number of thiophene rings is 1. The lowest BCUT2D eigenvalue weighted by Gasteiger charge is -2.39. The topological polar surface area (TPSA) is 127 Å². The number of rotatable bonds is 6. The van der Waals surface area contributed by atoms with E-state index in [1.54, 1.807) is 29.4 Å². The van der Waals surface area contributed by atoms with Crippen molar-refractivity contribution in [1.82, 2.24) is 25.0 Å². The molecule has 0 spiro atoms. The number of piperidine rings is 1. The summed E-state index contributed by atoms with van der Waals surface area (Å²) in [4.78, 5) is 51.1. The molecule has 3 aliphatic heterocycles. The number of carbonyl (C=O) groups excluding carboxylic acids is 3. The van der Waals surface area contributed by atoms with Crippen LogP contribution in [0.15, 0.2) is 47.4 Å². The highest BCUT2D eigenvalue weighted by Gasteiger charge is 2.42. The fourth-order valence-electron chi connectivity index (χ4n) is 6.82. The lowest BCUT2D eigenvalue weighted by Crippen LogP contribution is -2.58. The molecule has 0 aliphatic carbocycles. The first-order valence-corrected chi connectivity index (χ1v) is 17.3. The number of nitrogen functional groups attached to an aromatic ring is 1. The number of hydrogen-bond acceptors (Lipinski definition) is 7. The molecule has 0 saturated carbocycles. The molecule has 18 heteroatoms. The second kappa shape index (κ2) is 14.5. The van der Waals surface area contributed by atoms with Crippen molar-refractivity contribution in [2.75, 3.05) is 61.8 Å². The van der Waals surface area contributed by atoms with E-state index < -0.39 is 59.1 Å². The SMILES string of the molecule is Nc1c(C(F)(F)F)cc(C[C@@H](NC(=O)N2CCC(N3CCc4cscc4NC3=O)CC2)C(=O)N2CCN(c3ccncc3)CC2)cc1C(F)(F)F. The number of fused-ring (bicyclic) bond motifs is 1. The van der Waals surface area contributed by atoms with Crippen molar-refractivity contribution in [3.8, 4) is 0 Å². The zero-order valence-corrected chi connectivity index (χ0v) is 28.1. The third kappa shape index (κ3) is 8.10. The van der Waals surface area contributed by atoms with Crippen LogP contribution in [0.5, 0.6) is 0 Å². The minimum Gasteiger partial charge on any atom is -0.398 e. The highest BCUT2D eigenvalue weighted by molar-refractivity contribution is 7.08. The second-order valence-electron chi connectivity index (χ2n) is 12.7. The van der Waals surface area contributed by atoms with Gasteiger partial charge in [0.05, 0.1) is 22.5 Å². The Morgan fingerprint density at radius 2 is 1.55 bits per heavy atom. The van der Waals surface area contributed by atoms with Crippen LogP contribution in [0.4, 0.5) is 53.0 Å². The number of nitrogens with two attached hydrogens (primary N) is 1. The van der Waals surface area contributed by atoms with Gasteiger partial charge >= 0.3 is 24.4 Å². The number of nitrogens with zero attached hydrogens (tertiary/aromatic N) is 5. The van der Waals surface area contributed by atoms with E-state index in [0.717, 1.165) is 16.9 Å². The molecular weight excluding hydrogens is 702 g/mol. The number of nitrogens with one attached hydrogen (secondary N) is 2. The van der Waals surface area contributed by atoms with Crippen LogP contribution in [0.2, 0.25) is 0 Å². The fourth-order valence-corrected chi connectivity index (χ4v) is 7.65. The predicted octanol–water partition coefficient (Wildman–Crippen LogP) is 5.29. The van der Waals surface area contributed by atoms with E-state index in [1.807, 2.05) is 15.7 Å². The second-order valence-corrected chi connectivity index (χ2v) is 13.5. The molecule has 0 bridgehead atoms. The first-order chi connectivity index (χ1) is 24.2. The highest BCUT2D eigenvalue weighted by atomic mass is 32.1. The highest BCUT2D eigenvalue weighted by Crippen LogP contribution is 2.42. The smallest absolute Gasteiger partial charge is 0.398 e. The normalized spacial score (nSPS) is 18.2. The third-order valence-electron chi connectivity index (χ3n) is 9.56. The summed E-state index contributed by atoms with van der Waals surface area (Å²) >= 11 is 1.50. The molecule has 274 valence electrons. The number of benzene rings is 1. The Hall–Kier alpha value is -4.74. The first-order valence-electron chi connectivity index (χ1n) is 16.4. The maximum Gasteiger partial charge on any atom is 0.418 e. The molecule has 3 aliphatic rings. The minimum absolute atomic E-state index is 0.160. The van der Waals surface area contributed by atoms with Crippen molar-refractivity contribution in [2.24, 2.45) is 0 Å². The predicted molar refractivity (Wildman–Crippen MR) is 178 cm³/mol.